The molecule has 0 atom stereocenters. The van der Waals surface area contributed by atoms with Crippen molar-refractivity contribution in [2.24, 2.45) is 5.92 Å². The minimum atomic E-state index is 0.0764. The summed E-state index contributed by atoms with van der Waals surface area (Å²) in [6.45, 7) is 3.89. The predicted octanol–water partition coefficient (Wildman–Crippen LogP) is 3.84. The van der Waals surface area contributed by atoms with Gasteiger partial charge in [0.05, 0.1) is 40.9 Å². The van der Waals surface area contributed by atoms with Crippen LogP contribution in [0.4, 0.5) is 11.4 Å². The van der Waals surface area contributed by atoms with Crippen molar-refractivity contribution >= 4 is 39.3 Å². The Morgan fingerprint density at radius 1 is 0.974 bits per heavy atom. The van der Waals surface area contributed by atoms with Gasteiger partial charge in [0.2, 0.25) is 5.91 Å². The van der Waals surface area contributed by atoms with Crippen molar-refractivity contribution in [3.63, 3.8) is 0 Å². The van der Waals surface area contributed by atoms with Crippen LogP contribution in [-0.4, -0.2) is 79.2 Å². The third-order valence-corrected chi connectivity index (χ3v) is 7.92. The number of rotatable bonds is 5. The van der Waals surface area contributed by atoms with Gasteiger partial charge in [-0.15, -0.1) is 0 Å². The van der Waals surface area contributed by atoms with E-state index in [0.29, 0.717) is 22.9 Å². The SMILES string of the molecule is CN1CCN(c2cncc3[nH]c(-c4n[nH]c5ncc(-c6cncc(NC(=O)C7CCCC7)c6)cc45)nc23)CC1. The number of aromatic amines is 2. The molecule has 0 spiro atoms. The molecule has 3 N–H and O–H groups in total. The fourth-order valence-corrected chi connectivity index (χ4v) is 5.65. The number of anilines is 2. The maximum absolute atomic E-state index is 12.6. The number of nitrogens with zero attached hydrogens (tertiary/aromatic N) is 7. The number of aromatic nitrogens is 7. The van der Waals surface area contributed by atoms with Crippen molar-refractivity contribution in [2.75, 3.05) is 43.4 Å². The molecule has 1 aliphatic carbocycles. The van der Waals surface area contributed by atoms with Gasteiger partial charge in [-0.3, -0.25) is 19.9 Å². The number of carbonyl (C=O) groups excluding carboxylic acids is 1. The Bertz CT molecular complexity index is 1660. The van der Waals surface area contributed by atoms with Crippen LogP contribution in [0.3, 0.4) is 0 Å². The molecular weight excluding hydrogens is 492 g/mol. The largest absolute Gasteiger partial charge is 0.366 e. The molecule has 0 aromatic carbocycles. The number of fused-ring (bicyclic) bond motifs is 2. The van der Waals surface area contributed by atoms with Gasteiger partial charge in [0.25, 0.3) is 0 Å². The zero-order chi connectivity index (χ0) is 26.3. The standard InChI is InChI=1S/C28H30N10O/c1-37-6-8-38(9-7-37)23-16-30-15-22-25(23)34-27(33-22)24-21-11-19(13-31-26(21)36-35-24)18-10-20(14-29-12-18)32-28(39)17-4-2-3-5-17/h10-17H,2-9H2,1H3,(H,32,39)(H,33,34)(H,31,35,36). The van der Waals surface area contributed by atoms with Crippen LogP contribution < -0.4 is 10.2 Å². The van der Waals surface area contributed by atoms with E-state index in [2.05, 4.69) is 52.3 Å². The van der Waals surface area contributed by atoms with Gasteiger partial charge in [0.15, 0.2) is 11.5 Å². The molecule has 11 nitrogen and oxygen atoms in total. The summed E-state index contributed by atoms with van der Waals surface area (Å²) in [7, 11) is 2.15. The molecule has 0 radical (unpaired) electrons. The van der Waals surface area contributed by atoms with Gasteiger partial charge in [0.1, 0.15) is 11.2 Å². The van der Waals surface area contributed by atoms with Crippen LogP contribution in [0.1, 0.15) is 25.7 Å². The van der Waals surface area contributed by atoms with Crippen molar-refractivity contribution in [3.8, 4) is 22.6 Å². The highest BCUT2D eigenvalue weighted by Gasteiger charge is 2.23. The number of H-pyrrole nitrogens is 2. The summed E-state index contributed by atoms with van der Waals surface area (Å²) < 4.78 is 0. The quantitative estimate of drug-likeness (QED) is 0.317. The number of carbonyl (C=O) groups is 1. The average molecular weight is 523 g/mol. The summed E-state index contributed by atoms with van der Waals surface area (Å²) in [5.41, 5.74) is 6.60. The highest BCUT2D eigenvalue weighted by Crippen LogP contribution is 2.32. The molecule has 11 heteroatoms. The Balaban J connectivity index is 1.21. The van der Waals surface area contributed by atoms with E-state index in [4.69, 9.17) is 4.98 Å². The van der Waals surface area contributed by atoms with Crippen LogP contribution in [0.5, 0.6) is 0 Å². The first-order valence-corrected chi connectivity index (χ1v) is 13.5. The number of hydrogen-bond donors (Lipinski definition) is 3. The Labute approximate surface area is 225 Å². The summed E-state index contributed by atoms with van der Waals surface area (Å²) >= 11 is 0. The summed E-state index contributed by atoms with van der Waals surface area (Å²) in [6, 6.07) is 3.98. The molecule has 0 bridgehead atoms. The smallest absolute Gasteiger partial charge is 0.227 e. The molecule has 2 fully saturated rings. The Morgan fingerprint density at radius 2 is 1.77 bits per heavy atom. The molecule has 1 amide bonds. The Kier molecular flexibility index (Phi) is 5.92. The fraction of sp³-hybridized carbons (Fsp3) is 0.357. The molecular formula is C28H30N10O. The van der Waals surface area contributed by atoms with Crippen molar-refractivity contribution in [2.45, 2.75) is 25.7 Å². The highest BCUT2D eigenvalue weighted by atomic mass is 16.1. The Hall–Kier alpha value is -4.38. The minimum Gasteiger partial charge on any atom is -0.366 e. The van der Waals surface area contributed by atoms with E-state index in [1.54, 1.807) is 24.8 Å². The maximum Gasteiger partial charge on any atom is 0.227 e. The van der Waals surface area contributed by atoms with Crippen molar-refractivity contribution in [1.82, 2.24) is 40.0 Å². The number of likely N-dealkylation sites (N-methyl/N-ethyl adjacent to an activating group) is 1. The fourth-order valence-electron chi connectivity index (χ4n) is 5.65. The lowest BCUT2D eigenvalue weighted by Gasteiger charge is -2.33. The van der Waals surface area contributed by atoms with Crippen molar-refractivity contribution in [1.29, 1.82) is 0 Å². The highest BCUT2D eigenvalue weighted by molar-refractivity contribution is 5.96. The number of amides is 1. The van der Waals surface area contributed by atoms with Gasteiger partial charge in [-0.25, -0.2) is 9.97 Å². The minimum absolute atomic E-state index is 0.0764. The molecule has 2 aliphatic rings. The van der Waals surface area contributed by atoms with Crippen LogP contribution in [0.15, 0.2) is 43.1 Å². The first kappa shape index (κ1) is 23.7. The second kappa shape index (κ2) is 9.73. The van der Waals surface area contributed by atoms with E-state index in [0.717, 1.165) is 85.1 Å². The van der Waals surface area contributed by atoms with Crippen molar-refractivity contribution < 1.29 is 4.79 Å². The van der Waals surface area contributed by atoms with E-state index in [1.807, 2.05) is 18.3 Å². The average Bonchev–Trinajstić information content (AvgIpc) is 3.73. The monoisotopic (exact) mass is 522 g/mol. The summed E-state index contributed by atoms with van der Waals surface area (Å²) in [6.07, 6.45) is 13.1. The normalized spacial score (nSPS) is 16.9. The lowest BCUT2D eigenvalue weighted by Crippen LogP contribution is -2.44. The summed E-state index contributed by atoms with van der Waals surface area (Å²) in [4.78, 5) is 39.1. The second-order valence-electron chi connectivity index (χ2n) is 10.6. The number of pyridine rings is 3. The molecule has 1 aliphatic heterocycles. The third kappa shape index (κ3) is 4.48. The van der Waals surface area contributed by atoms with Gasteiger partial charge < -0.3 is 20.1 Å². The van der Waals surface area contributed by atoms with Gasteiger partial charge >= 0.3 is 0 Å². The zero-order valence-electron chi connectivity index (χ0n) is 21.8. The van der Waals surface area contributed by atoms with E-state index in [-0.39, 0.29) is 11.8 Å². The first-order chi connectivity index (χ1) is 19.1. The maximum atomic E-state index is 12.6. The molecule has 5 aromatic heterocycles. The van der Waals surface area contributed by atoms with Gasteiger partial charge in [-0.05, 0) is 32.0 Å². The lowest BCUT2D eigenvalue weighted by molar-refractivity contribution is -0.119. The predicted molar refractivity (Wildman–Crippen MR) is 150 cm³/mol. The topological polar surface area (TPSA) is 132 Å². The molecule has 1 saturated heterocycles. The number of hydrogen-bond acceptors (Lipinski definition) is 8. The molecule has 5 aromatic rings. The molecule has 0 unspecified atom stereocenters. The molecule has 39 heavy (non-hydrogen) atoms. The lowest BCUT2D eigenvalue weighted by atomic mass is 10.1. The number of nitrogens with one attached hydrogen (secondary N) is 3. The summed E-state index contributed by atoms with van der Waals surface area (Å²) in [5, 5.41) is 11.5. The van der Waals surface area contributed by atoms with Gasteiger partial charge in [-0.2, -0.15) is 5.10 Å². The Morgan fingerprint density at radius 3 is 2.62 bits per heavy atom. The van der Waals surface area contributed by atoms with E-state index in [9.17, 15) is 4.79 Å². The van der Waals surface area contributed by atoms with Crippen molar-refractivity contribution in [3.05, 3.63) is 43.1 Å². The zero-order valence-corrected chi connectivity index (χ0v) is 21.8. The van der Waals surface area contributed by atoms with Crippen LogP contribution in [0.2, 0.25) is 0 Å². The summed E-state index contributed by atoms with van der Waals surface area (Å²) in [5.74, 6) is 0.831. The third-order valence-electron chi connectivity index (χ3n) is 7.92. The van der Waals surface area contributed by atoms with Crippen LogP contribution in [0.25, 0.3) is 44.7 Å². The van der Waals surface area contributed by atoms with Crippen LogP contribution >= 0.6 is 0 Å². The van der Waals surface area contributed by atoms with Gasteiger partial charge in [-0.1, -0.05) is 12.8 Å². The van der Waals surface area contributed by atoms with Crippen LogP contribution in [0, 0.1) is 5.92 Å². The van der Waals surface area contributed by atoms with E-state index in [1.165, 1.54) is 0 Å². The number of piperazine rings is 1. The molecule has 1 saturated carbocycles. The first-order valence-electron chi connectivity index (χ1n) is 13.5. The molecule has 7 rings (SSSR count). The van der Waals surface area contributed by atoms with E-state index < -0.39 is 0 Å². The number of imidazole rings is 1. The van der Waals surface area contributed by atoms with Crippen LogP contribution in [-0.2, 0) is 4.79 Å². The molecule has 6 heterocycles. The van der Waals surface area contributed by atoms with E-state index >= 15 is 0 Å². The molecule has 198 valence electrons. The second-order valence-corrected chi connectivity index (χ2v) is 10.6. The van der Waals surface area contributed by atoms with Gasteiger partial charge in [0, 0.05) is 55.6 Å².